The number of nitrogens with two attached hydrogens (primary N) is 1. The van der Waals surface area contributed by atoms with E-state index in [1.54, 1.807) is 24.3 Å². The first-order valence-electron chi connectivity index (χ1n) is 12.3. The highest BCUT2D eigenvalue weighted by Gasteiger charge is 2.29. The number of aliphatic carboxylic acids is 1. The van der Waals surface area contributed by atoms with E-state index in [1.807, 2.05) is 13.8 Å². The zero-order valence-corrected chi connectivity index (χ0v) is 22.2. The van der Waals surface area contributed by atoms with Crippen LogP contribution in [0.1, 0.15) is 48.1 Å². The van der Waals surface area contributed by atoms with E-state index in [0.717, 1.165) is 5.56 Å². The van der Waals surface area contributed by atoms with E-state index in [9.17, 15) is 29.3 Å². The second kappa shape index (κ2) is 13.6. The number of hydrogen-bond donors (Lipinski definition) is 6. The Kier molecular flexibility index (Phi) is 10.6. The summed E-state index contributed by atoms with van der Waals surface area (Å²) in [6.45, 7) is 3.22. The van der Waals surface area contributed by atoms with Crippen molar-refractivity contribution in [3.05, 3.63) is 76.7 Å². The van der Waals surface area contributed by atoms with Gasteiger partial charge in [0.15, 0.2) is 0 Å². The molecule has 0 saturated heterocycles. The number of hydrogen-bond acceptors (Lipinski definition) is 8. The lowest BCUT2D eigenvalue weighted by atomic mass is 9.96. The average Bonchev–Trinajstić information content (AvgIpc) is 3.40. The fourth-order valence-electron chi connectivity index (χ4n) is 3.87. The lowest BCUT2D eigenvalue weighted by Gasteiger charge is -2.26. The van der Waals surface area contributed by atoms with Crippen molar-refractivity contribution < 1.29 is 33.7 Å². The van der Waals surface area contributed by atoms with Crippen LogP contribution in [0, 0.1) is 5.82 Å². The minimum Gasteiger partial charge on any atom is -0.480 e. The molecule has 3 aromatic rings. The van der Waals surface area contributed by atoms with Crippen LogP contribution >= 0.6 is 11.6 Å². The van der Waals surface area contributed by atoms with Crippen LogP contribution in [0.3, 0.4) is 0 Å². The Bertz CT molecular complexity index is 1270. The molecule has 0 fully saturated rings. The molecule has 0 aliphatic carbocycles. The topological polar surface area (TPSA) is 171 Å². The second-order valence-corrected chi connectivity index (χ2v) is 9.95. The maximum atomic E-state index is 14.3. The number of benzene rings is 2. The number of nitrogens with one attached hydrogen (secondary N) is 2. The molecule has 0 bridgehead atoms. The standard InChI is InChI=1S/C27H32ClFN4O6/c1-14(2)23-13-39-26(33-23)25(36)31-18(11-22(27(37)38)32-24(35)21(30)12-34)9-15-3-5-16(6-4-15)19-10-17(28)7-8-20(19)29/h3-8,10,13-14,18,21-22,24,32,34-35H,9,11-12,30H2,1-2H3,(H,31,36)(H,37,38). The third-order valence-electron chi connectivity index (χ3n) is 6.13. The molecule has 1 heterocycles. The van der Waals surface area contributed by atoms with Crippen molar-refractivity contribution in [2.45, 2.75) is 57.0 Å². The first-order valence-corrected chi connectivity index (χ1v) is 12.7. The summed E-state index contributed by atoms with van der Waals surface area (Å²) in [5.74, 6) is -2.49. The molecule has 3 rings (SSSR count). The molecule has 4 atom stereocenters. The van der Waals surface area contributed by atoms with Gasteiger partial charge in [-0.25, -0.2) is 9.37 Å². The van der Waals surface area contributed by atoms with Gasteiger partial charge in [0, 0.05) is 16.6 Å². The van der Waals surface area contributed by atoms with Crippen molar-refractivity contribution in [2.24, 2.45) is 5.73 Å². The number of carbonyl (C=O) groups is 2. The highest BCUT2D eigenvalue weighted by atomic mass is 35.5. The van der Waals surface area contributed by atoms with E-state index < -0.39 is 48.7 Å². The molecule has 0 aliphatic rings. The predicted octanol–water partition coefficient (Wildman–Crippen LogP) is 2.67. The molecule has 1 aromatic heterocycles. The molecule has 0 spiro atoms. The van der Waals surface area contributed by atoms with Gasteiger partial charge in [-0.3, -0.25) is 14.9 Å². The third-order valence-corrected chi connectivity index (χ3v) is 6.36. The minimum atomic E-state index is -1.50. The molecule has 12 heteroatoms. The third kappa shape index (κ3) is 8.32. The summed E-state index contributed by atoms with van der Waals surface area (Å²) < 4.78 is 19.6. The van der Waals surface area contributed by atoms with E-state index in [1.165, 1.54) is 24.5 Å². The summed E-state index contributed by atoms with van der Waals surface area (Å²) in [4.78, 5) is 29.1. The lowest BCUT2D eigenvalue weighted by Crippen LogP contribution is -2.55. The maximum Gasteiger partial charge on any atom is 0.320 e. The normalized spacial score (nSPS) is 14.6. The number of amides is 1. The van der Waals surface area contributed by atoms with Crippen molar-refractivity contribution in [3.63, 3.8) is 0 Å². The Hall–Kier alpha value is -3.35. The Morgan fingerprint density at radius 3 is 2.46 bits per heavy atom. The van der Waals surface area contributed by atoms with Crippen LogP contribution in [0.5, 0.6) is 0 Å². The molecule has 7 N–H and O–H groups in total. The maximum absolute atomic E-state index is 14.3. The van der Waals surface area contributed by atoms with Gasteiger partial charge in [0.25, 0.3) is 5.89 Å². The molecule has 4 unspecified atom stereocenters. The number of aromatic nitrogens is 1. The first kappa shape index (κ1) is 30.2. The molecule has 0 aliphatic heterocycles. The molecule has 210 valence electrons. The SMILES string of the molecule is CC(C)c1coc(C(=O)NC(Cc2ccc(-c3cc(Cl)ccc3F)cc2)CC(NC(O)C(N)CO)C(=O)O)n1. The molecule has 10 nitrogen and oxygen atoms in total. The van der Waals surface area contributed by atoms with Crippen molar-refractivity contribution >= 4 is 23.5 Å². The summed E-state index contributed by atoms with van der Waals surface area (Å²) in [5, 5.41) is 34.7. The van der Waals surface area contributed by atoms with Crippen LogP contribution in [0.4, 0.5) is 4.39 Å². The Balaban J connectivity index is 1.83. The molecule has 2 aromatic carbocycles. The molecule has 39 heavy (non-hydrogen) atoms. The number of aliphatic hydroxyl groups is 2. The quantitative estimate of drug-likeness (QED) is 0.171. The van der Waals surface area contributed by atoms with Crippen LogP contribution in [0.15, 0.2) is 53.1 Å². The molecule has 1 amide bonds. The van der Waals surface area contributed by atoms with E-state index in [4.69, 9.17) is 21.8 Å². The summed E-state index contributed by atoms with van der Waals surface area (Å²) in [6, 6.07) is 7.92. The van der Waals surface area contributed by atoms with Gasteiger partial charge in [-0.2, -0.15) is 0 Å². The minimum absolute atomic E-state index is 0.0340. The first-order chi connectivity index (χ1) is 18.5. The monoisotopic (exact) mass is 562 g/mol. The Morgan fingerprint density at radius 1 is 1.18 bits per heavy atom. The van der Waals surface area contributed by atoms with Crippen LogP contribution in [-0.4, -0.2) is 63.1 Å². The van der Waals surface area contributed by atoms with E-state index in [2.05, 4.69) is 15.6 Å². The zero-order chi connectivity index (χ0) is 28.7. The van der Waals surface area contributed by atoms with Gasteiger partial charge >= 0.3 is 11.9 Å². The number of nitrogens with zero attached hydrogens (tertiary/aromatic N) is 1. The Labute approximate surface area is 230 Å². The van der Waals surface area contributed by atoms with Gasteiger partial charge in [-0.1, -0.05) is 49.7 Å². The largest absolute Gasteiger partial charge is 0.480 e. The lowest BCUT2D eigenvalue weighted by molar-refractivity contribution is -0.141. The number of rotatable bonds is 13. The van der Waals surface area contributed by atoms with Gasteiger partial charge < -0.3 is 30.8 Å². The van der Waals surface area contributed by atoms with Crippen LogP contribution in [0.2, 0.25) is 5.02 Å². The number of carbonyl (C=O) groups excluding carboxylic acids is 1. The molecular formula is C27H32ClFN4O6. The van der Waals surface area contributed by atoms with Crippen LogP contribution in [0.25, 0.3) is 11.1 Å². The molecular weight excluding hydrogens is 531 g/mol. The van der Waals surface area contributed by atoms with Crippen molar-refractivity contribution in [1.82, 2.24) is 15.6 Å². The van der Waals surface area contributed by atoms with Gasteiger partial charge in [0.05, 0.1) is 18.3 Å². The predicted molar refractivity (Wildman–Crippen MR) is 143 cm³/mol. The van der Waals surface area contributed by atoms with E-state index in [-0.39, 0.29) is 24.7 Å². The van der Waals surface area contributed by atoms with Crippen molar-refractivity contribution in [2.75, 3.05) is 6.61 Å². The average molecular weight is 563 g/mol. The molecule has 0 saturated carbocycles. The summed E-state index contributed by atoms with van der Waals surface area (Å²) in [7, 11) is 0. The smallest absolute Gasteiger partial charge is 0.320 e. The van der Waals surface area contributed by atoms with Crippen molar-refractivity contribution in [1.29, 1.82) is 0 Å². The summed E-state index contributed by atoms with van der Waals surface area (Å²) >= 11 is 6.01. The number of halogens is 2. The highest BCUT2D eigenvalue weighted by Crippen LogP contribution is 2.26. The number of oxazole rings is 1. The Morgan fingerprint density at radius 2 is 1.87 bits per heavy atom. The van der Waals surface area contributed by atoms with Gasteiger partial charge in [0.1, 0.15) is 24.4 Å². The van der Waals surface area contributed by atoms with E-state index in [0.29, 0.717) is 21.8 Å². The molecule has 0 radical (unpaired) electrons. The van der Waals surface area contributed by atoms with Gasteiger partial charge in [0.2, 0.25) is 0 Å². The number of aliphatic hydroxyl groups excluding tert-OH is 2. The number of carboxylic acid groups (broad SMARTS) is 1. The summed E-state index contributed by atoms with van der Waals surface area (Å²) in [5.41, 5.74) is 7.83. The fourth-order valence-corrected chi connectivity index (χ4v) is 4.05. The van der Waals surface area contributed by atoms with E-state index >= 15 is 0 Å². The second-order valence-electron chi connectivity index (χ2n) is 9.51. The van der Waals surface area contributed by atoms with Crippen LogP contribution < -0.4 is 16.4 Å². The number of carboxylic acids is 1. The van der Waals surface area contributed by atoms with Crippen LogP contribution in [-0.2, 0) is 11.2 Å². The van der Waals surface area contributed by atoms with Gasteiger partial charge in [-0.05, 0) is 48.1 Å². The fraction of sp³-hybridized carbons (Fsp3) is 0.370. The van der Waals surface area contributed by atoms with Gasteiger partial charge in [-0.15, -0.1) is 0 Å². The van der Waals surface area contributed by atoms with Crippen molar-refractivity contribution in [3.8, 4) is 11.1 Å². The highest BCUT2D eigenvalue weighted by molar-refractivity contribution is 6.30. The zero-order valence-electron chi connectivity index (χ0n) is 21.5. The summed E-state index contributed by atoms with van der Waals surface area (Å²) in [6.07, 6.45) is -0.0790.